The molecule has 5 nitrogen and oxygen atoms in total. The van der Waals surface area contributed by atoms with Gasteiger partial charge in [0.15, 0.2) is 23.1 Å². The van der Waals surface area contributed by atoms with E-state index in [0.29, 0.717) is 17.5 Å². The first-order valence-corrected chi connectivity index (χ1v) is 15.5. The molecular weight excluding hydrogens is 576 g/mol. The van der Waals surface area contributed by atoms with E-state index in [9.17, 15) is 0 Å². The second kappa shape index (κ2) is 11.2. The van der Waals surface area contributed by atoms with Crippen LogP contribution in [0.25, 0.3) is 89.1 Å². The summed E-state index contributed by atoms with van der Waals surface area (Å²) < 4.78 is 6.15. The van der Waals surface area contributed by atoms with Crippen molar-refractivity contribution in [2.24, 2.45) is 0 Å². The number of rotatable bonds is 5. The molecule has 0 amide bonds. The van der Waals surface area contributed by atoms with Gasteiger partial charge in [-0.15, -0.1) is 0 Å². The van der Waals surface area contributed by atoms with Crippen LogP contribution in [-0.4, -0.2) is 19.9 Å². The molecule has 0 fully saturated rings. The Morgan fingerprint density at radius 2 is 1.00 bits per heavy atom. The van der Waals surface area contributed by atoms with Gasteiger partial charge in [-0.2, -0.15) is 0 Å². The lowest BCUT2D eigenvalue weighted by atomic mass is 9.99. The van der Waals surface area contributed by atoms with E-state index in [-0.39, 0.29) is 0 Å². The quantitative estimate of drug-likeness (QED) is 0.196. The number of benzene rings is 6. The third-order valence-corrected chi connectivity index (χ3v) is 8.65. The molecule has 0 bridgehead atoms. The number of furan rings is 1. The molecule has 0 saturated carbocycles. The van der Waals surface area contributed by atoms with E-state index in [1.165, 1.54) is 16.5 Å². The first kappa shape index (κ1) is 26.9. The Hall–Kier alpha value is -6.46. The highest BCUT2D eigenvalue weighted by atomic mass is 16.3. The molecule has 0 saturated heterocycles. The first-order valence-electron chi connectivity index (χ1n) is 15.5. The monoisotopic (exact) mass is 602 g/mol. The molecule has 5 heteroatoms. The zero-order chi connectivity index (χ0) is 31.2. The molecule has 6 aromatic carbocycles. The maximum atomic E-state index is 6.15. The molecule has 220 valence electrons. The maximum Gasteiger partial charge on any atom is 0.164 e. The summed E-state index contributed by atoms with van der Waals surface area (Å²) in [4.78, 5) is 19.4. The van der Waals surface area contributed by atoms with Crippen molar-refractivity contribution in [2.75, 3.05) is 0 Å². The Morgan fingerprint density at radius 3 is 1.74 bits per heavy atom. The number of nitrogens with zero attached hydrogens (tertiary/aromatic N) is 4. The lowest BCUT2D eigenvalue weighted by Gasteiger charge is -2.10. The second-order valence-electron chi connectivity index (χ2n) is 11.5. The molecule has 3 aromatic heterocycles. The van der Waals surface area contributed by atoms with E-state index in [1.807, 2.05) is 42.5 Å². The standard InChI is InChI=1S/C42H26N4O/c1-2-7-27(8-3-1)29-13-15-30(16-14-29)31-17-20-32(21-18-31)40-44-41(34-22-19-28-9-4-5-10-33(28)25-34)46-42(45-40)36-11-6-12-37-39(36)35-23-24-43-26-38(35)47-37/h1-26H. The average molecular weight is 603 g/mol. The van der Waals surface area contributed by atoms with Crippen LogP contribution in [0, 0.1) is 0 Å². The molecule has 9 rings (SSSR count). The summed E-state index contributed by atoms with van der Waals surface area (Å²) in [5.41, 5.74) is 8.89. The summed E-state index contributed by atoms with van der Waals surface area (Å²) in [6.07, 6.45) is 3.53. The summed E-state index contributed by atoms with van der Waals surface area (Å²) >= 11 is 0. The molecule has 0 unspecified atom stereocenters. The number of hydrogen-bond acceptors (Lipinski definition) is 5. The SMILES string of the molecule is c1ccc(-c2ccc(-c3ccc(-c4nc(-c5ccc6ccccc6c5)nc(-c5cccc6oc7cnccc7c56)n4)cc3)cc2)cc1. The van der Waals surface area contributed by atoms with Gasteiger partial charge in [0.05, 0.1) is 6.20 Å². The average Bonchev–Trinajstić information content (AvgIpc) is 3.54. The number of pyridine rings is 1. The van der Waals surface area contributed by atoms with E-state index in [2.05, 4.69) is 108 Å². The maximum absolute atomic E-state index is 6.15. The Balaban J connectivity index is 1.16. The molecule has 3 heterocycles. The lowest BCUT2D eigenvalue weighted by Crippen LogP contribution is -2.00. The number of hydrogen-bond donors (Lipinski definition) is 0. The zero-order valence-corrected chi connectivity index (χ0v) is 25.2. The van der Waals surface area contributed by atoms with Crippen molar-refractivity contribution < 1.29 is 4.42 Å². The fraction of sp³-hybridized carbons (Fsp3) is 0. The summed E-state index contributed by atoms with van der Waals surface area (Å²) in [6, 6.07) is 50.1. The molecule has 9 aromatic rings. The fourth-order valence-corrected chi connectivity index (χ4v) is 6.25. The molecular formula is C42H26N4O. The van der Waals surface area contributed by atoms with Gasteiger partial charge in [-0.05, 0) is 51.2 Å². The molecule has 0 atom stereocenters. The van der Waals surface area contributed by atoms with Crippen LogP contribution in [0.4, 0.5) is 0 Å². The second-order valence-corrected chi connectivity index (χ2v) is 11.5. The van der Waals surface area contributed by atoms with Gasteiger partial charge in [-0.25, -0.2) is 15.0 Å². The van der Waals surface area contributed by atoms with Crippen molar-refractivity contribution in [3.05, 3.63) is 158 Å². The molecule has 0 aliphatic heterocycles. The Morgan fingerprint density at radius 1 is 0.404 bits per heavy atom. The zero-order valence-electron chi connectivity index (χ0n) is 25.2. The Kier molecular flexibility index (Phi) is 6.39. The van der Waals surface area contributed by atoms with Crippen LogP contribution in [0.2, 0.25) is 0 Å². The van der Waals surface area contributed by atoms with Crippen molar-refractivity contribution in [1.29, 1.82) is 0 Å². The predicted molar refractivity (Wildman–Crippen MR) is 190 cm³/mol. The minimum Gasteiger partial charge on any atom is -0.454 e. The van der Waals surface area contributed by atoms with E-state index < -0.39 is 0 Å². The van der Waals surface area contributed by atoms with Crippen LogP contribution < -0.4 is 0 Å². The molecule has 0 aliphatic rings. The van der Waals surface area contributed by atoms with Gasteiger partial charge in [0.1, 0.15) is 5.58 Å². The van der Waals surface area contributed by atoms with Gasteiger partial charge in [-0.3, -0.25) is 4.98 Å². The van der Waals surface area contributed by atoms with Gasteiger partial charge >= 0.3 is 0 Å². The number of fused-ring (bicyclic) bond motifs is 4. The van der Waals surface area contributed by atoms with Gasteiger partial charge in [-0.1, -0.05) is 127 Å². The van der Waals surface area contributed by atoms with E-state index in [4.69, 9.17) is 19.4 Å². The van der Waals surface area contributed by atoms with Crippen molar-refractivity contribution in [1.82, 2.24) is 19.9 Å². The third kappa shape index (κ3) is 4.91. The number of aromatic nitrogens is 4. The van der Waals surface area contributed by atoms with Crippen LogP contribution in [0.3, 0.4) is 0 Å². The molecule has 0 radical (unpaired) electrons. The first-order chi connectivity index (χ1) is 23.3. The molecule has 0 aliphatic carbocycles. The van der Waals surface area contributed by atoms with Crippen molar-refractivity contribution in [2.45, 2.75) is 0 Å². The van der Waals surface area contributed by atoms with Crippen molar-refractivity contribution >= 4 is 32.7 Å². The highest BCUT2D eigenvalue weighted by Gasteiger charge is 2.18. The smallest absolute Gasteiger partial charge is 0.164 e. The lowest BCUT2D eigenvalue weighted by molar-refractivity contribution is 0.667. The van der Waals surface area contributed by atoms with Crippen LogP contribution in [0.15, 0.2) is 162 Å². The van der Waals surface area contributed by atoms with E-state index in [0.717, 1.165) is 55.1 Å². The molecule has 0 spiro atoms. The Labute approximate surface area is 270 Å². The summed E-state index contributed by atoms with van der Waals surface area (Å²) in [6.45, 7) is 0. The highest BCUT2D eigenvalue weighted by molar-refractivity contribution is 6.11. The van der Waals surface area contributed by atoms with Crippen molar-refractivity contribution in [3.63, 3.8) is 0 Å². The highest BCUT2D eigenvalue weighted by Crippen LogP contribution is 2.36. The topological polar surface area (TPSA) is 64.7 Å². The van der Waals surface area contributed by atoms with Gasteiger partial charge in [0.2, 0.25) is 0 Å². The van der Waals surface area contributed by atoms with Gasteiger partial charge in [0, 0.05) is 33.7 Å². The van der Waals surface area contributed by atoms with Crippen LogP contribution in [0.1, 0.15) is 0 Å². The van der Waals surface area contributed by atoms with E-state index >= 15 is 0 Å². The molecule has 47 heavy (non-hydrogen) atoms. The largest absolute Gasteiger partial charge is 0.454 e. The molecule has 0 N–H and O–H groups in total. The summed E-state index contributed by atoms with van der Waals surface area (Å²) in [5, 5.41) is 4.23. The minimum absolute atomic E-state index is 0.587. The van der Waals surface area contributed by atoms with Gasteiger partial charge in [0.25, 0.3) is 0 Å². The minimum atomic E-state index is 0.587. The fourth-order valence-electron chi connectivity index (χ4n) is 6.25. The van der Waals surface area contributed by atoms with Crippen LogP contribution >= 0.6 is 0 Å². The van der Waals surface area contributed by atoms with Gasteiger partial charge < -0.3 is 4.42 Å². The Bertz CT molecular complexity index is 2560. The predicted octanol–water partition coefficient (Wildman–Crippen LogP) is 10.7. The van der Waals surface area contributed by atoms with E-state index in [1.54, 1.807) is 12.4 Å². The van der Waals surface area contributed by atoms with Crippen LogP contribution in [-0.2, 0) is 0 Å². The third-order valence-electron chi connectivity index (χ3n) is 8.65. The normalized spacial score (nSPS) is 11.4. The summed E-state index contributed by atoms with van der Waals surface area (Å²) in [7, 11) is 0. The van der Waals surface area contributed by atoms with Crippen molar-refractivity contribution in [3.8, 4) is 56.4 Å². The summed E-state index contributed by atoms with van der Waals surface area (Å²) in [5.74, 6) is 1.81. The van der Waals surface area contributed by atoms with Crippen LogP contribution in [0.5, 0.6) is 0 Å².